The second-order valence-corrected chi connectivity index (χ2v) is 6.26. The average molecular weight is 433 g/mol. The summed E-state index contributed by atoms with van der Waals surface area (Å²) in [5.74, 6) is -1.99. The second kappa shape index (κ2) is 6.12. The van der Waals surface area contributed by atoms with Crippen LogP contribution in [0.5, 0.6) is 0 Å². The third-order valence-corrected chi connectivity index (χ3v) is 4.56. The van der Waals surface area contributed by atoms with E-state index < -0.39 is 17.0 Å². The molecule has 0 saturated carbocycles. The molecule has 0 aliphatic rings. The molecule has 0 nitrogen and oxygen atoms in total. The summed E-state index contributed by atoms with van der Waals surface area (Å²) in [6.07, 6.45) is 0. The second-order valence-electron chi connectivity index (χ2n) is 3.82. The molecule has 0 bridgehead atoms. The number of halogens is 6. The summed E-state index contributed by atoms with van der Waals surface area (Å²) in [7, 11) is 0. The summed E-state index contributed by atoms with van der Waals surface area (Å²) in [4.78, 5) is 0. The molecule has 2 aromatic carbocycles. The van der Waals surface area contributed by atoms with Gasteiger partial charge in [-0.3, -0.25) is 0 Å². The first-order valence-corrected chi connectivity index (χ1v) is 7.40. The van der Waals surface area contributed by atoms with E-state index in [0.29, 0.717) is 16.1 Å². The van der Waals surface area contributed by atoms with Gasteiger partial charge in [-0.2, -0.15) is 0 Å². The first-order valence-electron chi connectivity index (χ1n) is 5.13. The Morgan fingerprint density at radius 3 is 2.26 bits per heavy atom. The highest BCUT2D eigenvalue weighted by atomic mass is 127. The molecule has 1 unspecified atom stereocenters. The lowest BCUT2D eigenvalue weighted by Gasteiger charge is -2.14. The van der Waals surface area contributed by atoms with Crippen molar-refractivity contribution < 1.29 is 8.78 Å². The van der Waals surface area contributed by atoms with Crippen molar-refractivity contribution in [1.82, 2.24) is 0 Å². The van der Waals surface area contributed by atoms with E-state index in [1.54, 1.807) is 18.2 Å². The van der Waals surface area contributed by atoms with E-state index in [4.69, 9.17) is 34.8 Å². The van der Waals surface area contributed by atoms with E-state index in [1.807, 2.05) is 0 Å². The van der Waals surface area contributed by atoms with Crippen LogP contribution in [0.3, 0.4) is 0 Å². The maximum atomic E-state index is 13.3. The van der Waals surface area contributed by atoms with Crippen LogP contribution >= 0.6 is 57.4 Å². The highest BCUT2D eigenvalue weighted by Crippen LogP contribution is 2.37. The summed E-state index contributed by atoms with van der Waals surface area (Å²) >= 11 is 20.2. The van der Waals surface area contributed by atoms with Gasteiger partial charge in [-0.05, 0) is 64.0 Å². The maximum Gasteiger partial charge on any atom is 0.160 e. The molecule has 0 spiro atoms. The molecule has 19 heavy (non-hydrogen) atoms. The highest BCUT2D eigenvalue weighted by Gasteiger charge is 2.19. The Balaban J connectivity index is 2.52. The Bertz CT molecular complexity index is 632. The first kappa shape index (κ1) is 15.3. The molecule has 0 fully saturated rings. The maximum absolute atomic E-state index is 13.3. The van der Waals surface area contributed by atoms with Gasteiger partial charge in [-0.15, -0.1) is 11.6 Å². The fourth-order valence-electron chi connectivity index (χ4n) is 1.61. The van der Waals surface area contributed by atoms with Crippen LogP contribution in [0.25, 0.3) is 0 Å². The summed E-state index contributed by atoms with van der Waals surface area (Å²) in [6, 6.07) is 7.12. The Morgan fingerprint density at radius 1 is 0.947 bits per heavy atom. The van der Waals surface area contributed by atoms with E-state index in [1.165, 1.54) is 0 Å². The molecule has 100 valence electrons. The van der Waals surface area contributed by atoms with Crippen molar-refractivity contribution in [2.75, 3.05) is 0 Å². The smallest absolute Gasteiger partial charge is 0.160 e. The third-order valence-electron chi connectivity index (χ3n) is 2.54. The summed E-state index contributed by atoms with van der Waals surface area (Å²) in [6.45, 7) is 0. The number of rotatable bonds is 2. The first-order chi connectivity index (χ1) is 8.90. The van der Waals surface area contributed by atoms with Crippen LogP contribution in [-0.2, 0) is 0 Å². The number of hydrogen-bond donors (Lipinski definition) is 0. The molecule has 0 radical (unpaired) electrons. The number of hydrogen-bond acceptors (Lipinski definition) is 0. The van der Waals surface area contributed by atoms with Crippen LogP contribution in [0.4, 0.5) is 8.78 Å². The van der Waals surface area contributed by atoms with Crippen LogP contribution < -0.4 is 0 Å². The van der Waals surface area contributed by atoms with Crippen LogP contribution in [0.1, 0.15) is 16.5 Å². The molecule has 1 atom stereocenters. The van der Waals surface area contributed by atoms with Crippen LogP contribution in [0.15, 0.2) is 30.3 Å². The normalized spacial score (nSPS) is 12.5. The van der Waals surface area contributed by atoms with E-state index >= 15 is 0 Å². The van der Waals surface area contributed by atoms with Crippen molar-refractivity contribution in [3.8, 4) is 0 Å². The topological polar surface area (TPSA) is 0 Å². The van der Waals surface area contributed by atoms with E-state index in [-0.39, 0.29) is 5.02 Å². The molecule has 0 heterocycles. The lowest BCUT2D eigenvalue weighted by Crippen LogP contribution is -1.99. The standard InChI is InChI=1S/C13H6Cl3F2I/c14-6-1-2-12(19)8(3-6)13(16)7-4-10(17)11(18)5-9(7)15/h1-5,13H. The molecule has 2 rings (SSSR count). The predicted octanol–water partition coefficient (Wildman–Crippen LogP) is 6.20. The Kier molecular flexibility index (Phi) is 4.93. The Hall–Kier alpha value is -0.100. The minimum Gasteiger partial charge on any atom is -0.204 e. The molecule has 0 amide bonds. The SMILES string of the molecule is Fc1cc(Cl)c(C(Cl)c2cc(Cl)ccc2I)cc1F. The lowest BCUT2D eigenvalue weighted by molar-refractivity contribution is 0.507. The largest absolute Gasteiger partial charge is 0.204 e. The predicted molar refractivity (Wildman–Crippen MR) is 83.2 cm³/mol. The van der Waals surface area contributed by atoms with Gasteiger partial charge < -0.3 is 0 Å². The van der Waals surface area contributed by atoms with Crippen molar-refractivity contribution in [2.45, 2.75) is 5.38 Å². The van der Waals surface area contributed by atoms with Gasteiger partial charge in [0.1, 0.15) is 0 Å². The molecular weight excluding hydrogens is 427 g/mol. The van der Waals surface area contributed by atoms with Crippen molar-refractivity contribution in [3.63, 3.8) is 0 Å². The van der Waals surface area contributed by atoms with Crippen LogP contribution in [-0.4, -0.2) is 0 Å². The average Bonchev–Trinajstić information content (AvgIpc) is 2.36. The van der Waals surface area contributed by atoms with Crippen LogP contribution in [0, 0.1) is 15.2 Å². The fraction of sp³-hybridized carbons (Fsp3) is 0.0769. The fourth-order valence-corrected chi connectivity index (χ4v) is 3.30. The van der Waals surface area contributed by atoms with E-state index in [2.05, 4.69) is 22.6 Å². The molecule has 0 aromatic heterocycles. The Labute approximate surface area is 137 Å². The van der Waals surface area contributed by atoms with Crippen LogP contribution in [0.2, 0.25) is 10.0 Å². The van der Waals surface area contributed by atoms with Gasteiger partial charge in [0.25, 0.3) is 0 Å². The summed E-state index contributed by atoms with van der Waals surface area (Å²) in [5.41, 5.74) is 1.00. The van der Waals surface area contributed by atoms with Crippen molar-refractivity contribution in [2.24, 2.45) is 0 Å². The quantitative estimate of drug-likeness (QED) is 0.300. The van der Waals surface area contributed by atoms with Gasteiger partial charge in [0.15, 0.2) is 11.6 Å². The van der Waals surface area contributed by atoms with E-state index in [0.717, 1.165) is 15.7 Å². The minimum absolute atomic E-state index is 0.0784. The number of alkyl halides is 1. The zero-order valence-electron chi connectivity index (χ0n) is 9.23. The van der Waals surface area contributed by atoms with E-state index in [9.17, 15) is 8.78 Å². The van der Waals surface area contributed by atoms with Gasteiger partial charge >= 0.3 is 0 Å². The zero-order chi connectivity index (χ0) is 14.2. The monoisotopic (exact) mass is 432 g/mol. The third kappa shape index (κ3) is 3.32. The molecule has 2 aromatic rings. The minimum atomic E-state index is -1.00. The molecule has 0 aliphatic carbocycles. The zero-order valence-corrected chi connectivity index (χ0v) is 13.7. The van der Waals surface area contributed by atoms with Gasteiger partial charge in [-0.25, -0.2) is 8.78 Å². The van der Waals surface area contributed by atoms with Crippen molar-refractivity contribution in [1.29, 1.82) is 0 Å². The molecule has 6 heteroatoms. The molecule has 0 saturated heterocycles. The molecular formula is C13H6Cl3F2I. The molecule has 0 aliphatic heterocycles. The summed E-state index contributed by atoms with van der Waals surface area (Å²) in [5, 5.41) is -0.109. The molecule has 0 N–H and O–H groups in total. The van der Waals surface area contributed by atoms with Gasteiger partial charge in [0.05, 0.1) is 5.38 Å². The van der Waals surface area contributed by atoms with Gasteiger partial charge in [0, 0.05) is 13.6 Å². The van der Waals surface area contributed by atoms with Crippen molar-refractivity contribution >= 4 is 57.4 Å². The van der Waals surface area contributed by atoms with Crippen molar-refractivity contribution in [3.05, 3.63) is 66.7 Å². The number of benzene rings is 2. The highest BCUT2D eigenvalue weighted by molar-refractivity contribution is 14.1. The lowest BCUT2D eigenvalue weighted by atomic mass is 10.0. The van der Waals surface area contributed by atoms with Gasteiger partial charge in [-0.1, -0.05) is 23.2 Å². The van der Waals surface area contributed by atoms with Gasteiger partial charge in [0.2, 0.25) is 0 Å². The Morgan fingerprint density at radius 2 is 1.58 bits per heavy atom. The summed E-state index contributed by atoms with van der Waals surface area (Å²) < 4.78 is 27.2.